The molecule has 118 valence electrons. The van der Waals surface area contributed by atoms with Gasteiger partial charge in [0.1, 0.15) is 16.8 Å². The van der Waals surface area contributed by atoms with Gasteiger partial charge < -0.3 is 14.9 Å². The first kappa shape index (κ1) is 16.0. The molecule has 1 aromatic carbocycles. The Hall–Kier alpha value is -2.42. The van der Waals surface area contributed by atoms with Gasteiger partial charge in [0.25, 0.3) is 0 Å². The summed E-state index contributed by atoms with van der Waals surface area (Å²) in [7, 11) is -1.91. The lowest BCUT2D eigenvalue weighted by Crippen LogP contribution is -2.09. The maximum absolute atomic E-state index is 12.0. The Kier molecular flexibility index (Phi) is 4.45. The molecular formula is C13H15N3O5S. The van der Waals surface area contributed by atoms with Crippen molar-refractivity contribution in [1.29, 1.82) is 0 Å². The zero-order valence-corrected chi connectivity index (χ0v) is 12.9. The summed E-state index contributed by atoms with van der Waals surface area (Å²) < 4.78 is 30.8. The standard InChI is InChI=1S/C13H15N3O5S/c1-3-22(19,20)11-7-5-4-6-10(11)21-9-12-14-8-13(15(12)2)16(17)18/h4-8H,3,9H2,1-2H3. The number of imidazole rings is 1. The monoisotopic (exact) mass is 325 g/mol. The van der Waals surface area contributed by atoms with Gasteiger partial charge in [-0.3, -0.25) is 0 Å². The van der Waals surface area contributed by atoms with E-state index in [2.05, 4.69) is 4.98 Å². The Bertz CT molecular complexity index is 798. The molecule has 0 aliphatic rings. The van der Waals surface area contributed by atoms with Gasteiger partial charge in [-0.25, -0.2) is 18.0 Å². The zero-order valence-electron chi connectivity index (χ0n) is 12.1. The summed E-state index contributed by atoms with van der Waals surface area (Å²) >= 11 is 0. The van der Waals surface area contributed by atoms with Gasteiger partial charge in [0.05, 0.1) is 12.8 Å². The average molecular weight is 325 g/mol. The van der Waals surface area contributed by atoms with Crippen LogP contribution in [0.15, 0.2) is 35.4 Å². The summed E-state index contributed by atoms with van der Waals surface area (Å²) in [5, 5.41) is 10.8. The highest BCUT2D eigenvalue weighted by atomic mass is 32.2. The van der Waals surface area contributed by atoms with Crippen molar-refractivity contribution in [3.05, 3.63) is 46.4 Å². The van der Waals surface area contributed by atoms with Gasteiger partial charge >= 0.3 is 5.82 Å². The van der Waals surface area contributed by atoms with E-state index in [4.69, 9.17) is 4.74 Å². The molecule has 0 spiro atoms. The molecular weight excluding hydrogens is 310 g/mol. The van der Waals surface area contributed by atoms with E-state index >= 15 is 0 Å². The van der Waals surface area contributed by atoms with E-state index in [1.807, 2.05) is 0 Å². The van der Waals surface area contributed by atoms with Gasteiger partial charge in [-0.2, -0.15) is 0 Å². The fourth-order valence-corrected chi connectivity index (χ4v) is 2.90. The Balaban J connectivity index is 2.25. The fourth-order valence-electron chi connectivity index (χ4n) is 1.87. The Morgan fingerprint density at radius 2 is 2.05 bits per heavy atom. The van der Waals surface area contributed by atoms with Crippen LogP contribution >= 0.6 is 0 Å². The molecule has 8 nitrogen and oxygen atoms in total. The first-order valence-electron chi connectivity index (χ1n) is 6.46. The molecule has 9 heteroatoms. The van der Waals surface area contributed by atoms with Crippen molar-refractivity contribution >= 4 is 15.7 Å². The average Bonchev–Trinajstić information content (AvgIpc) is 2.86. The lowest BCUT2D eigenvalue weighted by atomic mass is 10.3. The van der Waals surface area contributed by atoms with E-state index in [1.54, 1.807) is 25.1 Å². The van der Waals surface area contributed by atoms with Crippen molar-refractivity contribution in [3.63, 3.8) is 0 Å². The number of para-hydroxylation sites is 1. The van der Waals surface area contributed by atoms with E-state index in [9.17, 15) is 18.5 Å². The number of hydrogen-bond donors (Lipinski definition) is 0. The third-order valence-electron chi connectivity index (χ3n) is 3.17. The van der Waals surface area contributed by atoms with E-state index < -0.39 is 14.8 Å². The molecule has 1 aromatic heterocycles. The van der Waals surface area contributed by atoms with Crippen molar-refractivity contribution in [1.82, 2.24) is 9.55 Å². The van der Waals surface area contributed by atoms with E-state index in [0.29, 0.717) is 5.82 Å². The number of aromatic nitrogens is 2. The minimum Gasteiger partial charge on any atom is -0.482 e. The number of hydrogen-bond acceptors (Lipinski definition) is 6. The van der Waals surface area contributed by atoms with Crippen molar-refractivity contribution in [3.8, 4) is 5.75 Å². The molecule has 0 unspecified atom stereocenters. The van der Waals surface area contributed by atoms with Crippen LogP contribution in [0.5, 0.6) is 5.75 Å². The molecule has 0 amide bonds. The van der Waals surface area contributed by atoms with Crippen LogP contribution in [-0.4, -0.2) is 28.6 Å². The first-order valence-corrected chi connectivity index (χ1v) is 8.11. The van der Waals surface area contributed by atoms with Crippen LogP contribution in [0.25, 0.3) is 0 Å². The van der Waals surface area contributed by atoms with E-state index in [1.165, 1.54) is 17.7 Å². The first-order chi connectivity index (χ1) is 10.4. The van der Waals surface area contributed by atoms with E-state index in [0.717, 1.165) is 6.20 Å². The largest absolute Gasteiger partial charge is 0.482 e. The molecule has 2 aromatic rings. The van der Waals surface area contributed by atoms with Crippen molar-refractivity contribution < 1.29 is 18.1 Å². The summed E-state index contributed by atoms with van der Waals surface area (Å²) in [5.74, 6) is 0.333. The lowest BCUT2D eigenvalue weighted by Gasteiger charge is -2.10. The Morgan fingerprint density at radius 1 is 1.36 bits per heavy atom. The smallest absolute Gasteiger partial charge is 0.342 e. The second kappa shape index (κ2) is 6.14. The minimum absolute atomic E-state index is 0.0404. The highest BCUT2D eigenvalue weighted by molar-refractivity contribution is 7.91. The number of rotatable bonds is 6. The number of nitrogens with zero attached hydrogens (tertiary/aromatic N) is 3. The van der Waals surface area contributed by atoms with Gasteiger partial charge in [-0.1, -0.05) is 19.1 Å². The second-order valence-electron chi connectivity index (χ2n) is 4.49. The summed E-state index contributed by atoms with van der Waals surface area (Å²) in [6.07, 6.45) is 1.13. The van der Waals surface area contributed by atoms with Crippen LogP contribution in [0.1, 0.15) is 12.7 Å². The third-order valence-corrected chi connectivity index (χ3v) is 4.94. The van der Waals surface area contributed by atoms with Crippen molar-refractivity contribution in [2.75, 3.05) is 5.75 Å². The molecule has 0 bridgehead atoms. The molecule has 0 radical (unpaired) electrons. The number of ether oxygens (including phenoxy) is 1. The van der Waals surface area contributed by atoms with Crippen LogP contribution < -0.4 is 4.74 Å². The maximum atomic E-state index is 12.0. The molecule has 0 aliphatic heterocycles. The Labute approximate surface area is 127 Å². The SMILES string of the molecule is CCS(=O)(=O)c1ccccc1OCc1ncc([N+](=O)[O-])n1C. The van der Waals surface area contributed by atoms with Gasteiger partial charge in [-0.05, 0) is 17.1 Å². The predicted octanol–water partition coefficient (Wildman–Crippen LogP) is 1.70. The third kappa shape index (κ3) is 3.08. The summed E-state index contributed by atoms with van der Waals surface area (Å²) in [4.78, 5) is 14.2. The number of benzene rings is 1. The molecule has 1 heterocycles. The molecule has 22 heavy (non-hydrogen) atoms. The van der Waals surface area contributed by atoms with Crippen LogP contribution in [0.3, 0.4) is 0 Å². The highest BCUT2D eigenvalue weighted by Gasteiger charge is 2.20. The molecule has 0 fully saturated rings. The topological polar surface area (TPSA) is 104 Å². The summed E-state index contributed by atoms with van der Waals surface area (Å²) in [6.45, 7) is 1.48. The highest BCUT2D eigenvalue weighted by Crippen LogP contribution is 2.25. The fraction of sp³-hybridized carbons (Fsp3) is 0.308. The van der Waals surface area contributed by atoms with Crippen LogP contribution in [0, 0.1) is 10.1 Å². The predicted molar refractivity (Wildman–Crippen MR) is 78.4 cm³/mol. The minimum atomic E-state index is -3.41. The molecule has 0 N–H and O–H groups in total. The summed E-state index contributed by atoms with van der Waals surface area (Å²) in [6, 6.07) is 6.28. The van der Waals surface area contributed by atoms with Gasteiger partial charge in [0, 0.05) is 0 Å². The van der Waals surface area contributed by atoms with Crippen molar-refractivity contribution in [2.45, 2.75) is 18.4 Å². The summed E-state index contributed by atoms with van der Waals surface area (Å²) in [5.41, 5.74) is 0. The van der Waals surface area contributed by atoms with Crippen LogP contribution in [-0.2, 0) is 23.5 Å². The van der Waals surface area contributed by atoms with Gasteiger partial charge in [0.15, 0.2) is 16.4 Å². The molecule has 0 saturated heterocycles. The van der Waals surface area contributed by atoms with E-state index in [-0.39, 0.29) is 28.8 Å². The molecule has 0 atom stereocenters. The normalized spacial score (nSPS) is 11.4. The van der Waals surface area contributed by atoms with Crippen LogP contribution in [0.2, 0.25) is 0 Å². The quantitative estimate of drug-likeness (QED) is 0.591. The number of sulfone groups is 1. The zero-order chi connectivity index (χ0) is 16.3. The lowest BCUT2D eigenvalue weighted by molar-refractivity contribution is -0.391. The van der Waals surface area contributed by atoms with Crippen LogP contribution in [0.4, 0.5) is 5.82 Å². The molecule has 0 saturated carbocycles. The van der Waals surface area contributed by atoms with Crippen molar-refractivity contribution in [2.24, 2.45) is 7.05 Å². The van der Waals surface area contributed by atoms with Gasteiger partial charge in [0.2, 0.25) is 5.82 Å². The maximum Gasteiger partial charge on any atom is 0.342 e. The molecule has 0 aliphatic carbocycles. The Morgan fingerprint density at radius 3 is 2.64 bits per heavy atom. The van der Waals surface area contributed by atoms with Gasteiger partial charge in [-0.15, -0.1) is 0 Å². The number of nitro groups is 1. The second-order valence-corrected chi connectivity index (χ2v) is 6.73. The molecule has 2 rings (SSSR count).